The Bertz CT molecular complexity index is 146. The molecule has 0 amide bonds. The first kappa shape index (κ1) is 9.84. The fraction of sp³-hybridized carbons (Fsp3) is 0.800. The standard InChI is InChI=1S/C10H21NSi/c1-3-10(12-2)11-8-6-4-5-7-9-11/h3H,4-9,12H2,1-2H3. The van der Waals surface area contributed by atoms with E-state index in [9.17, 15) is 0 Å². The number of rotatable bonds is 2. The van der Waals surface area contributed by atoms with E-state index in [0.717, 1.165) is 0 Å². The fourth-order valence-electron chi connectivity index (χ4n) is 1.97. The highest BCUT2D eigenvalue weighted by atomic mass is 28.2. The Morgan fingerprint density at radius 2 is 1.75 bits per heavy atom. The van der Waals surface area contributed by atoms with Crippen molar-refractivity contribution in [3.05, 3.63) is 11.4 Å². The highest BCUT2D eigenvalue weighted by molar-refractivity contribution is 6.43. The molecule has 1 rings (SSSR count). The second kappa shape index (κ2) is 5.41. The van der Waals surface area contributed by atoms with Crippen molar-refractivity contribution < 1.29 is 0 Å². The van der Waals surface area contributed by atoms with Gasteiger partial charge < -0.3 is 4.90 Å². The molecule has 1 nitrogen and oxygen atoms in total. The van der Waals surface area contributed by atoms with Crippen molar-refractivity contribution >= 4 is 9.52 Å². The van der Waals surface area contributed by atoms with Crippen LogP contribution < -0.4 is 0 Å². The lowest BCUT2D eigenvalue weighted by Crippen LogP contribution is -2.26. The van der Waals surface area contributed by atoms with Gasteiger partial charge in [0, 0.05) is 13.1 Å². The van der Waals surface area contributed by atoms with E-state index < -0.39 is 0 Å². The minimum absolute atomic E-state index is 0.0547. The molecule has 0 aromatic carbocycles. The normalized spacial score (nSPS) is 21.8. The molecule has 0 spiro atoms. The third-order valence-corrected chi connectivity index (χ3v) is 4.29. The smallest absolute Gasteiger partial charge is 0.0717 e. The molecule has 2 heteroatoms. The van der Waals surface area contributed by atoms with E-state index >= 15 is 0 Å². The van der Waals surface area contributed by atoms with Gasteiger partial charge in [-0.2, -0.15) is 0 Å². The minimum atomic E-state index is 0.0547. The lowest BCUT2D eigenvalue weighted by molar-refractivity contribution is 0.378. The van der Waals surface area contributed by atoms with Gasteiger partial charge in [-0.25, -0.2) is 0 Å². The molecule has 0 saturated carbocycles. The summed E-state index contributed by atoms with van der Waals surface area (Å²) in [5.41, 5.74) is 0. The molecule has 0 bridgehead atoms. The van der Waals surface area contributed by atoms with E-state index in [0.29, 0.717) is 0 Å². The Labute approximate surface area is 78.7 Å². The molecule has 12 heavy (non-hydrogen) atoms. The summed E-state index contributed by atoms with van der Waals surface area (Å²) >= 11 is 0. The van der Waals surface area contributed by atoms with Gasteiger partial charge in [0.05, 0.1) is 9.52 Å². The summed E-state index contributed by atoms with van der Waals surface area (Å²) in [6.45, 7) is 7.22. The monoisotopic (exact) mass is 183 g/mol. The van der Waals surface area contributed by atoms with E-state index in [-0.39, 0.29) is 9.52 Å². The molecule has 1 aliphatic rings. The van der Waals surface area contributed by atoms with E-state index in [1.54, 1.807) is 5.32 Å². The van der Waals surface area contributed by atoms with Crippen LogP contribution >= 0.6 is 0 Å². The quantitative estimate of drug-likeness (QED) is 0.591. The van der Waals surface area contributed by atoms with Gasteiger partial charge in [-0.1, -0.05) is 25.5 Å². The summed E-state index contributed by atoms with van der Waals surface area (Å²) in [7, 11) is 0.0547. The SMILES string of the molecule is CC=C([SiH2]C)N1CCCCCC1. The molecule has 0 aromatic rings. The maximum Gasteiger partial charge on any atom is 0.0717 e. The number of likely N-dealkylation sites (tertiary alicyclic amines) is 1. The molecule has 1 saturated heterocycles. The zero-order valence-corrected chi connectivity index (χ0v) is 9.89. The highest BCUT2D eigenvalue weighted by Crippen LogP contribution is 2.13. The fourth-order valence-corrected chi connectivity index (χ4v) is 3.14. The van der Waals surface area contributed by atoms with Gasteiger partial charge in [-0.3, -0.25) is 0 Å². The van der Waals surface area contributed by atoms with Crippen LogP contribution in [0.4, 0.5) is 0 Å². The van der Waals surface area contributed by atoms with Gasteiger partial charge in [0.1, 0.15) is 0 Å². The molecule has 1 fully saturated rings. The summed E-state index contributed by atoms with van der Waals surface area (Å²) in [5.74, 6) is 0. The number of hydrogen-bond donors (Lipinski definition) is 0. The van der Waals surface area contributed by atoms with E-state index in [4.69, 9.17) is 0 Å². The molecule has 0 aliphatic carbocycles. The van der Waals surface area contributed by atoms with Crippen LogP contribution in [0, 0.1) is 0 Å². The zero-order valence-electron chi connectivity index (χ0n) is 8.47. The van der Waals surface area contributed by atoms with Crippen LogP contribution in [-0.4, -0.2) is 27.5 Å². The average Bonchev–Trinajstić information content (AvgIpc) is 2.35. The molecular weight excluding hydrogens is 162 g/mol. The predicted molar refractivity (Wildman–Crippen MR) is 58.2 cm³/mol. The summed E-state index contributed by atoms with van der Waals surface area (Å²) in [6, 6.07) is 0. The van der Waals surface area contributed by atoms with Crippen molar-refractivity contribution in [3.8, 4) is 0 Å². The third-order valence-electron chi connectivity index (χ3n) is 2.71. The van der Waals surface area contributed by atoms with Gasteiger partial charge in [-0.05, 0) is 25.1 Å². The molecular formula is C10H21NSi. The molecule has 0 unspecified atom stereocenters. The maximum absolute atomic E-state index is 2.62. The number of hydrogen-bond acceptors (Lipinski definition) is 1. The average molecular weight is 183 g/mol. The predicted octanol–water partition coefficient (Wildman–Crippen LogP) is 1.94. The Morgan fingerprint density at radius 3 is 2.17 bits per heavy atom. The van der Waals surface area contributed by atoms with Gasteiger partial charge >= 0.3 is 0 Å². The summed E-state index contributed by atoms with van der Waals surface area (Å²) in [6.07, 6.45) is 8.03. The van der Waals surface area contributed by atoms with Gasteiger partial charge in [0.25, 0.3) is 0 Å². The van der Waals surface area contributed by atoms with Crippen molar-refractivity contribution in [1.82, 2.24) is 4.90 Å². The van der Waals surface area contributed by atoms with Crippen LogP contribution in [0.15, 0.2) is 11.4 Å². The van der Waals surface area contributed by atoms with Crippen LogP contribution in [0.5, 0.6) is 0 Å². The summed E-state index contributed by atoms with van der Waals surface area (Å²) < 4.78 is 0. The second-order valence-electron chi connectivity index (χ2n) is 3.53. The van der Waals surface area contributed by atoms with Crippen molar-refractivity contribution in [3.63, 3.8) is 0 Å². The first-order valence-electron chi connectivity index (χ1n) is 5.28. The lowest BCUT2D eigenvalue weighted by atomic mass is 10.2. The van der Waals surface area contributed by atoms with E-state index in [2.05, 4.69) is 24.4 Å². The van der Waals surface area contributed by atoms with Gasteiger partial charge in [0.2, 0.25) is 0 Å². The molecule has 70 valence electrons. The van der Waals surface area contributed by atoms with E-state index in [1.807, 2.05) is 0 Å². The van der Waals surface area contributed by atoms with Crippen molar-refractivity contribution in [2.75, 3.05) is 13.1 Å². The van der Waals surface area contributed by atoms with Crippen LogP contribution in [0.25, 0.3) is 0 Å². The topological polar surface area (TPSA) is 3.24 Å². The first-order valence-corrected chi connectivity index (χ1v) is 7.40. The van der Waals surface area contributed by atoms with Crippen LogP contribution in [0.3, 0.4) is 0 Å². The Kier molecular flexibility index (Phi) is 4.44. The van der Waals surface area contributed by atoms with E-state index in [1.165, 1.54) is 38.8 Å². The zero-order chi connectivity index (χ0) is 8.81. The lowest BCUT2D eigenvalue weighted by Gasteiger charge is -2.24. The Hall–Kier alpha value is -0.243. The molecule has 1 aliphatic heterocycles. The molecule has 0 atom stereocenters. The number of allylic oxidation sites excluding steroid dienone is 1. The van der Waals surface area contributed by atoms with Gasteiger partial charge in [-0.15, -0.1) is 0 Å². The minimum Gasteiger partial charge on any atom is -0.379 e. The Morgan fingerprint density at radius 1 is 1.17 bits per heavy atom. The maximum atomic E-state index is 2.62. The molecule has 0 aromatic heterocycles. The first-order chi connectivity index (χ1) is 5.88. The van der Waals surface area contributed by atoms with Crippen LogP contribution in [0.2, 0.25) is 6.55 Å². The largest absolute Gasteiger partial charge is 0.379 e. The number of nitrogens with zero attached hydrogens (tertiary/aromatic N) is 1. The summed E-state index contributed by atoms with van der Waals surface area (Å²) in [4.78, 5) is 2.62. The van der Waals surface area contributed by atoms with Crippen molar-refractivity contribution in [2.45, 2.75) is 39.2 Å². The third kappa shape index (κ3) is 2.66. The second-order valence-corrected chi connectivity index (χ2v) is 4.97. The molecule has 0 N–H and O–H groups in total. The Balaban J connectivity index is 2.47. The van der Waals surface area contributed by atoms with Gasteiger partial charge in [0.15, 0.2) is 0 Å². The molecule has 1 heterocycles. The molecule has 0 radical (unpaired) electrons. The van der Waals surface area contributed by atoms with Crippen molar-refractivity contribution in [2.24, 2.45) is 0 Å². The highest BCUT2D eigenvalue weighted by Gasteiger charge is 2.09. The van der Waals surface area contributed by atoms with Crippen LogP contribution in [-0.2, 0) is 0 Å². The van der Waals surface area contributed by atoms with Crippen LogP contribution in [0.1, 0.15) is 32.6 Å². The van der Waals surface area contributed by atoms with Crippen molar-refractivity contribution in [1.29, 1.82) is 0 Å². The summed E-state index contributed by atoms with van der Waals surface area (Å²) in [5, 5.41) is 1.68.